The smallest absolute Gasteiger partial charge is 0.343 e. The van der Waals surface area contributed by atoms with Gasteiger partial charge in [0.2, 0.25) is 5.95 Å². The molecule has 0 fully saturated rings. The number of aromatic nitrogens is 3. The highest BCUT2D eigenvalue weighted by molar-refractivity contribution is 5.96. The van der Waals surface area contributed by atoms with E-state index in [4.69, 9.17) is 19.4 Å². The highest BCUT2D eigenvalue weighted by Gasteiger charge is 2.40. The van der Waals surface area contributed by atoms with Crippen molar-refractivity contribution < 1.29 is 19.2 Å². The summed E-state index contributed by atoms with van der Waals surface area (Å²) in [5, 5.41) is 15.3. The van der Waals surface area contributed by atoms with Gasteiger partial charge in [-0.05, 0) is 53.9 Å². The number of esters is 1. The molecule has 0 saturated carbocycles. The summed E-state index contributed by atoms with van der Waals surface area (Å²) in [6.45, 7) is 14.0. The average molecular weight is 607 g/mol. The van der Waals surface area contributed by atoms with Crippen LogP contribution >= 0.6 is 0 Å². The summed E-state index contributed by atoms with van der Waals surface area (Å²) >= 11 is 0. The van der Waals surface area contributed by atoms with Crippen LogP contribution in [0, 0.1) is 17.0 Å². The number of hydrogen-bond donors (Lipinski definition) is 1. The van der Waals surface area contributed by atoms with E-state index in [2.05, 4.69) is 24.1 Å². The lowest BCUT2D eigenvalue weighted by Gasteiger charge is -2.26. The van der Waals surface area contributed by atoms with Crippen LogP contribution in [0.4, 0.5) is 34.5 Å². The zero-order valence-corrected chi connectivity index (χ0v) is 27.0. The second-order valence-corrected chi connectivity index (χ2v) is 12.0. The Labute approximate surface area is 258 Å². The van der Waals surface area contributed by atoms with Crippen molar-refractivity contribution in [2.45, 2.75) is 53.1 Å². The SMILES string of the molecule is CCN(CCN(C)C)c1cc(OC)c(Nc2ncc(C(=O)OC(C)C)c(N3CC(C)(C)c4nc(C)ccc43)n2)cc1[N+](=O)[O-]. The lowest BCUT2D eigenvalue weighted by atomic mass is 9.91. The molecular formula is C31H42N8O5. The van der Waals surface area contributed by atoms with Crippen molar-refractivity contribution in [1.29, 1.82) is 0 Å². The van der Waals surface area contributed by atoms with Crippen LogP contribution in [0.5, 0.6) is 5.75 Å². The van der Waals surface area contributed by atoms with Gasteiger partial charge < -0.3 is 29.5 Å². The molecule has 2 aromatic heterocycles. The Morgan fingerprint density at radius 2 is 1.93 bits per heavy atom. The molecule has 0 saturated heterocycles. The third kappa shape index (κ3) is 6.83. The first-order chi connectivity index (χ1) is 20.7. The molecule has 236 valence electrons. The molecule has 1 aromatic carbocycles. The second kappa shape index (κ2) is 13.0. The quantitative estimate of drug-likeness (QED) is 0.164. The molecule has 0 atom stereocenters. The van der Waals surface area contributed by atoms with Crippen LogP contribution in [0.3, 0.4) is 0 Å². The summed E-state index contributed by atoms with van der Waals surface area (Å²) in [4.78, 5) is 44.9. The molecule has 13 heteroatoms. The number of benzene rings is 1. The number of aryl methyl sites for hydroxylation is 1. The highest BCUT2D eigenvalue weighted by atomic mass is 16.6. The number of pyridine rings is 1. The fourth-order valence-corrected chi connectivity index (χ4v) is 5.18. The molecule has 0 radical (unpaired) electrons. The topological polar surface area (TPSA) is 139 Å². The van der Waals surface area contributed by atoms with Gasteiger partial charge in [0.1, 0.15) is 17.0 Å². The van der Waals surface area contributed by atoms with Crippen LogP contribution in [-0.4, -0.2) is 84.2 Å². The van der Waals surface area contributed by atoms with Crippen molar-refractivity contribution in [1.82, 2.24) is 19.9 Å². The maximum absolute atomic E-state index is 13.2. The molecule has 44 heavy (non-hydrogen) atoms. The molecule has 3 heterocycles. The Morgan fingerprint density at radius 3 is 2.55 bits per heavy atom. The number of rotatable bonds is 12. The lowest BCUT2D eigenvalue weighted by Crippen LogP contribution is -2.32. The number of nitro groups is 1. The number of carbonyl (C=O) groups excluding carboxylic acids is 1. The first kappa shape index (κ1) is 32.4. The number of nitrogens with zero attached hydrogens (tertiary/aromatic N) is 7. The van der Waals surface area contributed by atoms with E-state index in [1.807, 2.05) is 54.8 Å². The van der Waals surface area contributed by atoms with Crippen LogP contribution in [-0.2, 0) is 10.2 Å². The Balaban J connectivity index is 1.80. The third-order valence-electron chi connectivity index (χ3n) is 7.36. The Morgan fingerprint density at radius 1 is 1.20 bits per heavy atom. The van der Waals surface area contributed by atoms with E-state index in [0.29, 0.717) is 42.6 Å². The summed E-state index contributed by atoms with van der Waals surface area (Å²) in [5.74, 6) is 0.307. The maximum Gasteiger partial charge on any atom is 0.343 e. The van der Waals surface area contributed by atoms with Crippen molar-refractivity contribution in [3.8, 4) is 5.75 Å². The number of nitro benzene ring substituents is 1. The van der Waals surface area contributed by atoms with Gasteiger partial charge in [0.25, 0.3) is 5.69 Å². The minimum atomic E-state index is -0.553. The molecule has 0 amide bonds. The summed E-state index contributed by atoms with van der Waals surface area (Å²) in [5.41, 5.74) is 3.18. The van der Waals surface area contributed by atoms with Gasteiger partial charge in [-0.2, -0.15) is 4.98 Å². The number of ether oxygens (including phenoxy) is 2. The van der Waals surface area contributed by atoms with Crippen LogP contribution in [0.15, 0.2) is 30.5 Å². The predicted octanol–water partition coefficient (Wildman–Crippen LogP) is 5.22. The number of methoxy groups -OCH3 is 1. The summed E-state index contributed by atoms with van der Waals surface area (Å²) in [6.07, 6.45) is 1.07. The van der Waals surface area contributed by atoms with Crippen LogP contribution < -0.4 is 19.9 Å². The zero-order chi connectivity index (χ0) is 32.3. The van der Waals surface area contributed by atoms with Gasteiger partial charge in [0, 0.05) is 55.6 Å². The Kier molecular flexibility index (Phi) is 9.57. The monoisotopic (exact) mass is 606 g/mol. The second-order valence-electron chi connectivity index (χ2n) is 12.0. The molecular weight excluding hydrogens is 564 g/mol. The number of anilines is 5. The van der Waals surface area contributed by atoms with Crippen molar-refractivity contribution in [2.75, 3.05) is 62.5 Å². The van der Waals surface area contributed by atoms with E-state index in [0.717, 1.165) is 23.6 Å². The molecule has 0 aliphatic carbocycles. The first-order valence-corrected chi connectivity index (χ1v) is 14.6. The molecule has 0 spiro atoms. The molecule has 1 aliphatic heterocycles. The summed E-state index contributed by atoms with van der Waals surface area (Å²) in [7, 11) is 5.41. The molecule has 1 aliphatic rings. The van der Waals surface area contributed by atoms with Crippen molar-refractivity contribution in [3.63, 3.8) is 0 Å². The Hall–Kier alpha value is -4.52. The van der Waals surface area contributed by atoms with Crippen molar-refractivity contribution >= 4 is 40.5 Å². The van der Waals surface area contributed by atoms with Gasteiger partial charge in [-0.3, -0.25) is 15.1 Å². The minimum absolute atomic E-state index is 0.0806. The lowest BCUT2D eigenvalue weighted by molar-refractivity contribution is -0.384. The van der Waals surface area contributed by atoms with E-state index in [-0.39, 0.29) is 28.7 Å². The van der Waals surface area contributed by atoms with Gasteiger partial charge >= 0.3 is 5.97 Å². The van der Waals surface area contributed by atoms with Crippen LogP contribution in [0.2, 0.25) is 0 Å². The number of carbonyl (C=O) groups is 1. The maximum atomic E-state index is 13.2. The standard InChI is InChI=1S/C31H42N8O5/c1-10-37(14-13-36(7)8)24-16-26(43-9)22(15-25(24)39(41)42)34-30-32-17-21(29(40)44-19(2)3)28(35-30)38-18-31(5,6)27-23(38)12-11-20(4)33-27/h11-12,15-17,19H,10,13-14,18H2,1-9H3,(H,32,34,35). The van der Waals surface area contributed by atoms with Gasteiger partial charge in [0.15, 0.2) is 5.82 Å². The van der Waals surface area contributed by atoms with E-state index in [1.54, 1.807) is 19.9 Å². The summed E-state index contributed by atoms with van der Waals surface area (Å²) in [6, 6.07) is 6.98. The molecule has 4 rings (SSSR count). The predicted molar refractivity (Wildman–Crippen MR) is 171 cm³/mol. The summed E-state index contributed by atoms with van der Waals surface area (Å²) < 4.78 is 11.2. The normalized spacial score (nSPS) is 13.7. The van der Waals surface area contributed by atoms with Crippen molar-refractivity contribution in [2.24, 2.45) is 0 Å². The zero-order valence-electron chi connectivity index (χ0n) is 27.0. The van der Waals surface area contributed by atoms with Gasteiger partial charge in [-0.15, -0.1) is 0 Å². The largest absolute Gasteiger partial charge is 0.494 e. The van der Waals surface area contributed by atoms with E-state index in [9.17, 15) is 14.9 Å². The molecule has 3 aromatic rings. The van der Waals surface area contributed by atoms with E-state index < -0.39 is 10.9 Å². The average Bonchev–Trinajstić information content (AvgIpc) is 3.22. The fourth-order valence-electron chi connectivity index (χ4n) is 5.18. The molecule has 0 unspecified atom stereocenters. The number of hydrogen-bond acceptors (Lipinski definition) is 12. The number of likely N-dealkylation sites (N-methyl/N-ethyl adjacent to an activating group) is 2. The van der Waals surface area contributed by atoms with Crippen LogP contribution in [0.1, 0.15) is 56.4 Å². The van der Waals surface area contributed by atoms with E-state index >= 15 is 0 Å². The van der Waals surface area contributed by atoms with Gasteiger partial charge in [-0.25, -0.2) is 9.78 Å². The highest BCUT2D eigenvalue weighted by Crippen LogP contribution is 2.44. The molecule has 13 nitrogen and oxygen atoms in total. The van der Waals surface area contributed by atoms with Crippen LogP contribution in [0.25, 0.3) is 0 Å². The number of nitrogens with one attached hydrogen (secondary N) is 1. The molecule has 1 N–H and O–H groups in total. The van der Waals surface area contributed by atoms with Gasteiger partial charge in [-0.1, -0.05) is 13.8 Å². The third-order valence-corrected chi connectivity index (χ3v) is 7.36. The minimum Gasteiger partial charge on any atom is -0.494 e. The van der Waals surface area contributed by atoms with Gasteiger partial charge in [0.05, 0.1) is 35.2 Å². The Bertz CT molecular complexity index is 1540. The van der Waals surface area contributed by atoms with E-state index in [1.165, 1.54) is 19.4 Å². The van der Waals surface area contributed by atoms with Crippen molar-refractivity contribution in [3.05, 3.63) is 57.5 Å². The molecule has 0 bridgehead atoms. The fraction of sp³-hybridized carbons (Fsp3) is 0.484. The number of fused-ring (bicyclic) bond motifs is 1. The first-order valence-electron chi connectivity index (χ1n) is 14.6.